The van der Waals surface area contributed by atoms with Crippen molar-refractivity contribution in [3.63, 3.8) is 0 Å². The maximum Gasteiger partial charge on any atom is 0.416 e. The molecule has 0 aliphatic heterocycles. The van der Waals surface area contributed by atoms with Crippen LogP contribution in [0.3, 0.4) is 0 Å². The lowest BCUT2D eigenvalue weighted by Crippen LogP contribution is -2.12. The molecule has 0 bridgehead atoms. The molecule has 1 N–H and O–H groups in total. The highest BCUT2D eigenvalue weighted by Gasteiger charge is 2.32. The zero-order valence-corrected chi connectivity index (χ0v) is 17.4. The number of alkyl halides is 6. The molecule has 172 valence electrons. The Morgan fingerprint density at radius 3 is 2.18 bits per heavy atom. The van der Waals surface area contributed by atoms with Crippen molar-refractivity contribution in [3.05, 3.63) is 89.1 Å². The SMILES string of the molecule is COc1ccc(-c2c(CC(F)(F)F)[nH]c3cccc(Cc4cccc(C(F)(F)F)c4)c23)cc1. The third-order valence-corrected chi connectivity index (χ3v) is 5.39. The average Bonchev–Trinajstić information content (AvgIpc) is 3.10. The van der Waals surface area contributed by atoms with Crippen LogP contribution in [0.25, 0.3) is 22.0 Å². The highest BCUT2D eigenvalue weighted by molar-refractivity contribution is 6.00. The summed E-state index contributed by atoms with van der Waals surface area (Å²) in [6.45, 7) is 0. The summed E-state index contributed by atoms with van der Waals surface area (Å²) in [6, 6.07) is 16.7. The summed E-state index contributed by atoms with van der Waals surface area (Å²) in [5.41, 5.74) is 1.70. The molecule has 0 unspecified atom stereocenters. The molecule has 1 heterocycles. The van der Waals surface area contributed by atoms with E-state index in [9.17, 15) is 26.3 Å². The summed E-state index contributed by atoms with van der Waals surface area (Å²) >= 11 is 0. The van der Waals surface area contributed by atoms with Crippen LogP contribution in [0.1, 0.15) is 22.4 Å². The van der Waals surface area contributed by atoms with E-state index in [0.29, 0.717) is 38.9 Å². The quantitative estimate of drug-likeness (QED) is 0.304. The van der Waals surface area contributed by atoms with Crippen molar-refractivity contribution < 1.29 is 31.1 Å². The number of benzene rings is 3. The molecule has 4 rings (SSSR count). The van der Waals surface area contributed by atoms with Crippen LogP contribution in [0.15, 0.2) is 66.7 Å². The fraction of sp³-hybridized carbons (Fsp3) is 0.200. The Labute approximate surface area is 185 Å². The predicted molar refractivity (Wildman–Crippen MR) is 114 cm³/mol. The highest BCUT2D eigenvalue weighted by atomic mass is 19.4. The number of hydrogen-bond acceptors (Lipinski definition) is 1. The van der Waals surface area contributed by atoms with E-state index in [-0.39, 0.29) is 12.1 Å². The van der Waals surface area contributed by atoms with Gasteiger partial charge < -0.3 is 9.72 Å². The van der Waals surface area contributed by atoms with Gasteiger partial charge in [-0.25, -0.2) is 0 Å². The molecule has 0 saturated carbocycles. The number of ether oxygens (including phenoxy) is 1. The number of fused-ring (bicyclic) bond motifs is 1. The Hall–Kier alpha value is -3.42. The Kier molecular flexibility index (Phi) is 5.86. The number of hydrogen-bond donors (Lipinski definition) is 1. The summed E-state index contributed by atoms with van der Waals surface area (Å²) in [6.07, 6.45) is -9.95. The molecule has 0 fully saturated rings. The Morgan fingerprint density at radius 1 is 0.848 bits per heavy atom. The van der Waals surface area contributed by atoms with Crippen molar-refractivity contribution in [1.29, 1.82) is 0 Å². The summed E-state index contributed by atoms with van der Waals surface area (Å²) in [7, 11) is 1.49. The van der Waals surface area contributed by atoms with Gasteiger partial charge in [-0.1, -0.05) is 42.5 Å². The van der Waals surface area contributed by atoms with Crippen molar-refractivity contribution >= 4 is 10.9 Å². The average molecular weight is 463 g/mol. The predicted octanol–water partition coefficient (Wildman–Crippen LogP) is 7.56. The van der Waals surface area contributed by atoms with Crippen LogP contribution in [0, 0.1) is 0 Å². The fourth-order valence-corrected chi connectivity index (χ4v) is 4.01. The zero-order chi connectivity index (χ0) is 23.8. The molecule has 1 aromatic heterocycles. The lowest BCUT2D eigenvalue weighted by molar-refractivity contribution is -0.137. The van der Waals surface area contributed by atoms with E-state index in [1.807, 2.05) is 0 Å². The smallest absolute Gasteiger partial charge is 0.416 e. The maximum atomic E-state index is 13.3. The summed E-state index contributed by atoms with van der Waals surface area (Å²) in [5.74, 6) is 0.556. The van der Waals surface area contributed by atoms with Crippen molar-refractivity contribution in [3.8, 4) is 16.9 Å². The first-order chi connectivity index (χ1) is 15.5. The third-order valence-electron chi connectivity index (χ3n) is 5.39. The second-order valence-corrected chi connectivity index (χ2v) is 7.71. The maximum absolute atomic E-state index is 13.3. The first kappa shape index (κ1) is 22.8. The van der Waals surface area contributed by atoms with E-state index in [4.69, 9.17) is 4.74 Å². The first-order valence-corrected chi connectivity index (χ1v) is 10.0. The summed E-state index contributed by atoms with van der Waals surface area (Å²) in [5, 5.41) is 0.555. The lowest BCUT2D eigenvalue weighted by Gasteiger charge is -2.12. The van der Waals surface area contributed by atoms with Crippen molar-refractivity contribution in [2.75, 3.05) is 7.11 Å². The molecule has 0 spiro atoms. The molecule has 0 amide bonds. The molecule has 0 saturated heterocycles. The molecule has 33 heavy (non-hydrogen) atoms. The van der Waals surface area contributed by atoms with Crippen LogP contribution in [0.4, 0.5) is 26.3 Å². The van der Waals surface area contributed by atoms with E-state index in [1.165, 1.54) is 13.2 Å². The Balaban J connectivity index is 1.88. The third kappa shape index (κ3) is 4.99. The van der Waals surface area contributed by atoms with Gasteiger partial charge in [-0.15, -0.1) is 0 Å². The van der Waals surface area contributed by atoms with Gasteiger partial charge in [0.2, 0.25) is 0 Å². The minimum Gasteiger partial charge on any atom is -0.497 e. The largest absolute Gasteiger partial charge is 0.497 e. The minimum absolute atomic E-state index is 0.000779. The van der Waals surface area contributed by atoms with E-state index < -0.39 is 24.3 Å². The minimum atomic E-state index is -4.48. The van der Waals surface area contributed by atoms with Gasteiger partial charge in [-0.05, 0) is 47.4 Å². The molecular weight excluding hydrogens is 444 g/mol. The van der Waals surface area contributed by atoms with Gasteiger partial charge >= 0.3 is 12.4 Å². The normalized spacial score (nSPS) is 12.3. The molecule has 0 atom stereocenters. The number of methoxy groups -OCH3 is 1. The molecule has 0 radical (unpaired) electrons. The molecule has 2 nitrogen and oxygen atoms in total. The summed E-state index contributed by atoms with van der Waals surface area (Å²) < 4.78 is 84.6. The number of aromatic nitrogens is 1. The van der Waals surface area contributed by atoms with E-state index in [0.717, 1.165) is 12.1 Å². The van der Waals surface area contributed by atoms with Gasteiger partial charge in [0.15, 0.2) is 0 Å². The molecule has 8 heteroatoms. The molecule has 0 aliphatic carbocycles. The molecule has 4 aromatic rings. The van der Waals surface area contributed by atoms with Crippen LogP contribution in [0.5, 0.6) is 5.75 Å². The Morgan fingerprint density at radius 2 is 1.55 bits per heavy atom. The van der Waals surface area contributed by atoms with Gasteiger partial charge in [0.05, 0.1) is 19.1 Å². The van der Waals surface area contributed by atoms with Crippen LogP contribution >= 0.6 is 0 Å². The monoisotopic (exact) mass is 463 g/mol. The van der Waals surface area contributed by atoms with E-state index in [1.54, 1.807) is 48.5 Å². The van der Waals surface area contributed by atoms with Gasteiger partial charge in [0.1, 0.15) is 5.75 Å². The van der Waals surface area contributed by atoms with Crippen molar-refractivity contribution in [1.82, 2.24) is 4.98 Å². The van der Waals surface area contributed by atoms with Gasteiger partial charge in [0, 0.05) is 22.2 Å². The second-order valence-electron chi connectivity index (χ2n) is 7.71. The Bertz CT molecular complexity index is 1270. The van der Waals surface area contributed by atoms with Gasteiger partial charge in [-0.3, -0.25) is 0 Å². The van der Waals surface area contributed by atoms with Gasteiger partial charge in [-0.2, -0.15) is 26.3 Å². The number of nitrogens with one attached hydrogen (secondary N) is 1. The van der Waals surface area contributed by atoms with Gasteiger partial charge in [0.25, 0.3) is 0 Å². The number of H-pyrrole nitrogens is 1. The van der Waals surface area contributed by atoms with Crippen molar-refractivity contribution in [2.45, 2.75) is 25.2 Å². The molecule has 0 aliphatic rings. The van der Waals surface area contributed by atoms with Crippen LogP contribution in [0.2, 0.25) is 0 Å². The zero-order valence-electron chi connectivity index (χ0n) is 17.4. The highest BCUT2D eigenvalue weighted by Crippen LogP contribution is 2.39. The van der Waals surface area contributed by atoms with E-state index >= 15 is 0 Å². The van der Waals surface area contributed by atoms with Crippen LogP contribution < -0.4 is 4.74 Å². The van der Waals surface area contributed by atoms with Crippen LogP contribution in [-0.4, -0.2) is 18.3 Å². The van der Waals surface area contributed by atoms with Crippen molar-refractivity contribution in [2.24, 2.45) is 0 Å². The fourth-order valence-electron chi connectivity index (χ4n) is 4.01. The topological polar surface area (TPSA) is 25.0 Å². The first-order valence-electron chi connectivity index (χ1n) is 10.0. The van der Waals surface area contributed by atoms with E-state index in [2.05, 4.69) is 4.98 Å². The number of aromatic amines is 1. The second kappa shape index (κ2) is 8.50. The number of halogens is 6. The lowest BCUT2D eigenvalue weighted by atomic mass is 9.94. The molecular formula is C25H19F6NO. The standard InChI is InChI=1S/C25H19F6NO/c1-33-19-10-8-16(9-11-19)22-21(14-24(26,27)28)32-20-7-3-5-17(23(20)22)12-15-4-2-6-18(13-15)25(29,30)31/h2-11,13,32H,12,14H2,1H3. The van der Waals surface area contributed by atoms with Crippen LogP contribution in [-0.2, 0) is 19.0 Å². The molecule has 3 aromatic carbocycles. The summed E-state index contributed by atoms with van der Waals surface area (Å²) in [4.78, 5) is 2.88. The number of rotatable bonds is 5.